The van der Waals surface area contributed by atoms with E-state index in [9.17, 15) is 13.2 Å². The molecule has 0 fully saturated rings. The summed E-state index contributed by atoms with van der Waals surface area (Å²) in [5.74, 6) is 1.40. The quantitative estimate of drug-likeness (QED) is 0.490. The number of hydrogen-bond donors (Lipinski definition) is 2. The van der Waals surface area contributed by atoms with Crippen molar-refractivity contribution in [2.75, 3.05) is 26.8 Å². The first-order valence-electron chi connectivity index (χ1n) is 9.19. The fraction of sp³-hybridized carbons (Fsp3) is 0.400. The molecule has 2 N–H and O–H groups in total. The summed E-state index contributed by atoms with van der Waals surface area (Å²) in [6, 6.07) is 10.9. The predicted molar refractivity (Wildman–Crippen MR) is 105 cm³/mol. The van der Waals surface area contributed by atoms with Crippen LogP contribution in [-0.4, -0.2) is 43.9 Å². The Hall–Kier alpha value is -2.97. The minimum Gasteiger partial charge on any atom is -0.497 e. The SMILES string of the molecule is CCNC(=NCc1ccc(OCC(F)(F)F)nc1)NCCc1ccc(OC)cc1. The predicted octanol–water partition coefficient (Wildman–Crippen LogP) is 3.33. The van der Waals surface area contributed by atoms with Crippen LogP contribution >= 0.6 is 0 Å². The largest absolute Gasteiger partial charge is 0.497 e. The number of aromatic nitrogens is 1. The number of alkyl halides is 3. The summed E-state index contributed by atoms with van der Waals surface area (Å²) in [5.41, 5.74) is 1.93. The molecular formula is C20H25F3N4O2. The molecule has 0 radical (unpaired) electrons. The molecule has 6 nitrogen and oxygen atoms in total. The fourth-order valence-electron chi connectivity index (χ4n) is 2.38. The summed E-state index contributed by atoms with van der Waals surface area (Å²) in [4.78, 5) is 8.35. The Bertz CT molecular complexity index is 763. The highest BCUT2D eigenvalue weighted by Gasteiger charge is 2.28. The van der Waals surface area contributed by atoms with Gasteiger partial charge in [-0.25, -0.2) is 9.98 Å². The summed E-state index contributed by atoms with van der Waals surface area (Å²) in [6.07, 6.45) is -2.11. The Labute approximate surface area is 168 Å². The highest BCUT2D eigenvalue weighted by molar-refractivity contribution is 5.79. The Morgan fingerprint density at radius 1 is 1.07 bits per heavy atom. The van der Waals surface area contributed by atoms with Gasteiger partial charge < -0.3 is 20.1 Å². The second kappa shape index (κ2) is 11.1. The van der Waals surface area contributed by atoms with Gasteiger partial charge in [-0.05, 0) is 36.6 Å². The van der Waals surface area contributed by atoms with Gasteiger partial charge in [0.1, 0.15) is 5.75 Å². The third kappa shape index (κ3) is 8.71. The van der Waals surface area contributed by atoms with Crippen LogP contribution in [0.2, 0.25) is 0 Å². The van der Waals surface area contributed by atoms with E-state index in [0.717, 1.165) is 17.7 Å². The van der Waals surface area contributed by atoms with Crippen molar-refractivity contribution in [1.82, 2.24) is 15.6 Å². The highest BCUT2D eigenvalue weighted by Crippen LogP contribution is 2.17. The van der Waals surface area contributed by atoms with Crippen LogP contribution in [0.5, 0.6) is 11.6 Å². The molecule has 0 saturated heterocycles. The molecule has 0 bridgehead atoms. The maximum atomic E-state index is 12.2. The van der Waals surface area contributed by atoms with E-state index in [1.807, 2.05) is 31.2 Å². The normalized spacial score (nSPS) is 11.8. The van der Waals surface area contributed by atoms with Gasteiger partial charge in [0.15, 0.2) is 12.6 Å². The molecular weight excluding hydrogens is 385 g/mol. The summed E-state index contributed by atoms with van der Waals surface area (Å²) < 4.78 is 46.2. The number of rotatable bonds is 9. The lowest BCUT2D eigenvalue weighted by Gasteiger charge is -2.12. The zero-order valence-electron chi connectivity index (χ0n) is 16.4. The lowest BCUT2D eigenvalue weighted by molar-refractivity contribution is -0.154. The van der Waals surface area contributed by atoms with Crippen molar-refractivity contribution in [1.29, 1.82) is 0 Å². The summed E-state index contributed by atoms with van der Waals surface area (Å²) in [6.45, 7) is 2.34. The molecule has 1 aromatic carbocycles. The molecule has 0 spiro atoms. The molecule has 0 amide bonds. The highest BCUT2D eigenvalue weighted by atomic mass is 19.4. The molecule has 158 valence electrons. The first-order valence-corrected chi connectivity index (χ1v) is 9.19. The molecule has 0 aliphatic heterocycles. The molecule has 0 atom stereocenters. The third-order valence-corrected chi connectivity index (χ3v) is 3.81. The summed E-state index contributed by atoms with van der Waals surface area (Å²) in [5, 5.41) is 6.41. The lowest BCUT2D eigenvalue weighted by atomic mass is 10.1. The number of hydrogen-bond acceptors (Lipinski definition) is 4. The van der Waals surface area contributed by atoms with Crippen LogP contribution in [0.3, 0.4) is 0 Å². The van der Waals surface area contributed by atoms with Crippen LogP contribution in [0.1, 0.15) is 18.1 Å². The summed E-state index contributed by atoms with van der Waals surface area (Å²) in [7, 11) is 1.63. The van der Waals surface area contributed by atoms with E-state index in [0.29, 0.717) is 25.6 Å². The number of benzene rings is 1. The molecule has 0 unspecified atom stereocenters. The van der Waals surface area contributed by atoms with Gasteiger partial charge in [-0.15, -0.1) is 0 Å². The molecule has 9 heteroatoms. The number of halogens is 3. The van der Waals surface area contributed by atoms with E-state index in [4.69, 9.17) is 4.74 Å². The van der Waals surface area contributed by atoms with Gasteiger partial charge in [0.2, 0.25) is 5.88 Å². The lowest BCUT2D eigenvalue weighted by Crippen LogP contribution is -2.38. The van der Waals surface area contributed by atoms with Crippen molar-refractivity contribution in [2.24, 2.45) is 4.99 Å². The average molecular weight is 410 g/mol. The van der Waals surface area contributed by atoms with Gasteiger partial charge >= 0.3 is 6.18 Å². The van der Waals surface area contributed by atoms with Crippen LogP contribution in [-0.2, 0) is 13.0 Å². The van der Waals surface area contributed by atoms with Crippen molar-refractivity contribution in [2.45, 2.75) is 26.1 Å². The number of aliphatic imine (C=N–C) groups is 1. The monoisotopic (exact) mass is 410 g/mol. The maximum Gasteiger partial charge on any atom is 0.422 e. The first-order chi connectivity index (χ1) is 13.9. The van der Waals surface area contributed by atoms with Gasteiger partial charge in [-0.1, -0.05) is 18.2 Å². The Morgan fingerprint density at radius 2 is 1.79 bits per heavy atom. The van der Waals surface area contributed by atoms with Crippen molar-refractivity contribution in [3.05, 3.63) is 53.7 Å². The number of ether oxygens (including phenoxy) is 2. The Morgan fingerprint density at radius 3 is 2.38 bits per heavy atom. The van der Waals surface area contributed by atoms with Crippen molar-refractivity contribution in [3.8, 4) is 11.6 Å². The van der Waals surface area contributed by atoms with Crippen LogP contribution in [0.4, 0.5) is 13.2 Å². The minimum atomic E-state index is -4.39. The van der Waals surface area contributed by atoms with E-state index in [-0.39, 0.29) is 5.88 Å². The van der Waals surface area contributed by atoms with Gasteiger partial charge in [-0.2, -0.15) is 13.2 Å². The van der Waals surface area contributed by atoms with Gasteiger partial charge in [-0.3, -0.25) is 0 Å². The second-order valence-electron chi connectivity index (χ2n) is 6.13. The maximum absolute atomic E-state index is 12.2. The molecule has 29 heavy (non-hydrogen) atoms. The minimum absolute atomic E-state index is 0.0698. The van der Waals surface area contributed by atoms with Crippen molar-refractivity contribution in [3.63, 3.8) is 0 Å². The zero-order chi connectivity index (χ0) is 21.1. The summed E-state index contributed by atoms with van der Waals surface area (Å²) >= 11 is 0. The second-order valence-corrected chi connectivity index (χ2v) is 6.13. The Balaban J connectivity index is 1.84. The van der Waals surface area contributed by atoms with Gasteiger partial charge in [0, 0.05) is 25.4 Å². The number of methoxy groups -OCH3 is 1. The Kier molecular flexibility index (Phi) is 8.57. The van der Waals surface area contributed by atoms with E-state index in [1.165, 1.54) is 17.8 Å². The van der Waals surface area contributed by atoms with E-state index >= 15 is 0 Å². The smallest absolute Gasteiger partial charge is 0.422 e. The molecule has 0 aliphatic rings. The first kappa shape index (κ1) is 22.3. The molecule has 1 aromatic heterocycles. The van der Waals surface area contributed by atoms with Crippen molar-refractivity contribution >= 4 is 5.96 Å². The van der Waals surface area contributed by atoms with E-state index in [1.54, 1.807) is 13.2 Å². The van der Waals surface area contributed by atoms with Crippen LogP contribution < -0.4 is 20.1 Å². The third-order valence-electron chi connectivity index (χ3n) is 3.81. The topological polar surface area (TPSA) is 67.8 Å². The van der Waals surface area contributed by atoms with Gasteiger partial charge in [0.05, 0.1) is 13.7 Å². The van der Waals surface area contributed by atoms with Crippen LogP contribution in [0, 0.1) is 0 Å². The molecule has 0 aliphatic carbocycles. The van der Waals surface area contributed by atoms with E-state index in [2.05, 4.69) is 25.3 Å². The zero-order valence-corrected chi connectivity index (χ0v) is 16.4. The van der Waals surface area contributed by atoms with E-state index < -0.39 is 12.8 Å². The molecule has 0 saturated carbocycles. The molecule has 1 heterocycles. The van der Waals surface area contributed by atoms with Crippen LogP contribution in [0.25, 0.3) is 0 Å². The standard InChI is InChI=1S/C20H25F3N4O2/c1-3-24-19(25-11-10-15-4-7-17(28-2)8-5-15)27-13-16-6-9-18(26-12-16)29-14-20(21,22)23/h4-9,12H,3,10-11,13-14H2,1-2H3,(H2,24,25,27). The molecule has 2 rings (SSSR count). The fourth-order valence-corrected chi connectivity index (χ4v) is 2.38. The average Bonchev–Trinajstić information content (AvgIpc) is 2.71. The number of nitrogens with one attached hydrogen (secondary N) is 2. The van der Waals surface area contributed by atoms with Crippen LogP contribution in [0.15, 0.2) is 47.6 Å². The van der Waals surface area contributed by atoms with Gasteiger partial charge in [0.25, 0.3) is 0 Å². The number of nitrogens with zero attached hydrogens (tertiary/aromatic N) is 2. The van der Waals surface area contributed by atoms with Crippen molar-refractivity contribution < 1.29 is 22.6 Å². The number of guanidine groups is 1. The number of pyridine rings is 1. The molecule has 2 aromatic rings.